The smallest absolute Gasteiger partial charge is 0.306 e. The molecule has 57 heavy (non-hydrogen) atoms. The Morgan fingerprint density at radius 3 is 1.51 bits per heavy atom. The third-order valence-corrected chi connectivity index (χ3v) is 9.90. The van der Waals surface area contributed by atoms with Gasteiger partial charge in [0.05, 0.1) is 19.8 Å². The molecule has 0 aromatic heterocycles. The zero-order valence-corrected chi connectivity index (χ0v) is 35.8. The molecular formula is C48H82O9. The Hall–Kier alpha value is -2.37. The fourth-order valence-electron chi connectivity index (χ4n) is 6.40. The summed E-state index contributed by atoms with van der Waals surface area (Å²) in [6.45, 7) is 4.35. The predicted octanol–water partition coefficient (Wildman–Crippen LogP) is 10.1. The summed E-state index contributed by atoms with van der Waals surface area (Å²) in [6, 6.07) is 0. The molecule has 1 aliphatic rings. The Morgan fingerprint density at radius 2 is 1.04 bits per heavy atom. The van der Waals surface area contributed by atoms with Crippen molar-refractivity contribution in [3.8, 4) is 0 Å². The van der Waals surface area contributed by atoms with Gasteiger partial charge >= 0.3 is 5.97 Å². The molecule has 0 amide bonds. The molecule has 1 saturated heterocycles. The fraction of sp³-hybridized carbons (Fsp3) is 0.729. The van der Waals surface area contributed by atoms with Gasteiger partial charge in [0.25, 0.3) is 0 Å². The SMILES string of the molecule is CC/C=C\C/C=C\C/C=C\C/C=C\C/C=C\C/C=C\CCC(=O)OC(COCCCCCCCCCCCCCCCCC)COC1OC(CO)C(O)C(O)C1O. The molecular weight excluding hydrogens is 721 g/mol. The van der Waals surface area contributed by atoms with Crippen LogP contribution in [0.25, 0.3) is 0 Å². The molecule has 328 valence electrons. The van der Waals surface area contributed by atoms with E-state index in [1.54, 1.807) is 0 Å². The highest BCUT2D eigenvalue weighted by molar-refractivity contribution is 5.69. The summed E-state index contributed by atoms with van der Waals surface area (Å²) < 4.78 is 22.7. The number of aliphatic hydroxyl groups excluding tert-OH is 4. The molecule has 4 N–H and O–H groups in total. The number of esters is 1. The molecule has 0 saturated carbocycles. The van der Waals surface area contributed by atoms with Gasteiger partial charge in [-0.05, 0) is 51.4 Å². The lowest BCUT2D eigenvalue weighted by Gasteiger charge is -2.39. The number of allylic oxidation sites excluding steroid dienone is 12. The highest BCUT2D eigenvalue weighted by Gasteiger charge is 2.44. The molecule has 1 fully saturated rings. The highest BCUT2D eigenvalue weighted by atomic mass is 16.7. The van der Waals surface area contributed by atoms with Crippen LogP contribution in [0.15, 0.2) is 72.9 Å². The molecule has 0 spiro atoms. The lowest BCUT2D eigenvalue weighted by atomic mass is 9.99. The second-order valence-corrected chi connectivity index (χ2v) is 15.1. The summed E-state index contributed by atoms with van der Waals surface area (Å²) >= 11 is 0. The van der Waals surface area contributed by atoms with Gasteiger partial charge in [0.15, 0.2) is 6.29 Å². The first-order valence-corrected chi connectivity index (χ1v) is 22.5. The highest BCUT2D eigenvalue weighted by Crippen LogP contribution is 2.22. The number of hydrogen-bond donors (Lipinski definition) is 4. The van der Waals surface area contributed by atoms with Crippen molar-refractivity contribution in [2.24, 2.45) is 0 Å². The number of rotatable bonds is 37. The van der Waals surface area contributed by atoms with Gasteiger partial charge in [-0.25, -0.2) is 0 Å². The Morgan fingerprint density at radius 1 is 0.579 bits per heavy atom. The molecule has 0 aromatic carbocycles. The van der Waals surface area contributed by atoms with E-state index in [0.717, 1.165) is 51.4 Å². The van der Waals surface area contributed by atoms with Gasteiger partial charge < -0.3 is 39.4 Å². The molecule has 9 nitrogen and oxygen atoms in total. The van der Waals surface area contributed by atoms with Crippen LogP contribution >= 0.6 is 0 Å². The maximum Gasteiger partial charge on any atom is 0.306 e. The van der Waals surface area contributed by atoms with Gasteiger partial charge in [0.1, 0.15) is 30.5 Å². The minimum Gasteiger partial charge on any atom is -0.457 e. The summed E-state index contributed by atoms with van der Waals surface area (Å²) in [7, 11) is 0. The van der Waals surface area contributed by atoms with Gasteiger partial charge in [0, 0.05) is 13.0 Å². The van der Waals surface area contributed by atoms with E-state index in [2.05, 4.69) is 74.6 Å². The standard InChI is InChI=1S/C48H82O9/c1-3-5-7-9-11-13-15-17-19-20-21-22-23-25-27-29-31-33-35-37-44(50)56-42(41-55-48-47(53)46(52)45(51)43(39-49)57-48)40-54-38-36-34-32-30-28-26-24-18-16-14-12-10-8-6-4-2/h5,7,11,13,17,19,21-22,25,27,31,33,42-43,45-49,51-53H,3-4,6,8-10,12,14-16,18,20,23-24,26,28-30,32,34-41H2,1-2H3/b7-5-,13-11-,19-17-,22-21-,27-25-,33-31-. The number of hydrogen-bond acceptors (Lipinski definition) is 9. The third kappa shape index (κ3) is 30.4. The number of unbranched alkanes of at least 4 members (excludes halogenated alkanes) is 14. The van der Waals surface area contributed by atoms with Gasteiger partial charge in [-0.1, -0.05) is 177 Å². The van der Waals surface area contributed by atoms with Gasteiger partial charge in [0.2, 0.25) is 0 Å². The lowest BCUT2D eigenvalue weighted by Crippen LogP contribution is -2.59. The van der Waals surface area contributed by atoms with Crippen molar-refractivity contribution in [1.29, 1.82) is 0 Å². The number of carbonyl (C=O) groups excluding carboxylic acids is 1. The van der Waals surface area contributed by atoms with Crippen LogP contribution in [-0.4, -0.2) is 89.6 Å². The second-order valence-electron chi connectivity index (χ2n) is 15.1. The Labute approximate surface area is 347 Å². The monoisotopic (exact) mass is 803 g/mol. The van der Waals surface area contributed by atoms with Crippen molar-refractivity contribution in [2.45, 2.75) is 198 Å². The molecule has 6 unspecified atom stereocenters. The quantitative estimate of drug-likeness (QED) is 0.0275. The van der Waals surface area contributed by atoms with E-state index in [1.807, 2.05) is 12.2 Å². The van der Waals surface area contributed by atoms with Crippen LogP contribution in [0, 0.1) is 0 Å². The maximum absolute atomic E-state index is 12.7. The normalized spacial score (nSPS) is 21.1. The van der Waals surface area contributed by atoms with E-state index in [1.165, 1.54) is 83.5 Å². The van der Waals surface area contributed by atoms with Crippen LogP contribution < -0.4 is 0 Å². The topological polar surface area (TPSA) is 135 Å². The minimum atomic E-state index is -1.55. The van der Waals surface area contributed by atoms with Crippen LogP contribution in [0.4, 0.5) is 0 Å². The molecule has 1 heterocycles. The predicted molar refractivity (Wildman–Crippen MR) is 233 cm³/mol. The summed E-state index contributed by atoms with van der Waals surface area (Å²) in [5.41, 5.74) is 0. The average molecular weight is 803 g/mol. The largest absolute Gasteiger partial charge is 0.457 e. The molecule has 0 radical (unpaired) electrons. The van der Waals surface area contributed by atoms with Crippen molar-refractivity contribution in [3.05, 3.63) is 72.9 Å². The van der Waals surface area contributed by atoms with Crippen LogP contribution in [0.2, 0.25) is 0 Å². The van der Waals surface area contributed by atoms with Crippen LogP contribution in [0.5, 0.6) is 0 Å². The third-order valence-electron chi connectivity index (χ3n) is 9.90. The summed E-state index contributed by atoms with van der Waals surface area (Å²) in [4.78, 5) is 12.7. The van der Waals surface area contributed by atoms with Gasteiger partial charge in [-0.15, -0.1) is 0 Å². The molecule has 9 heteroatoms. The van der Waals surface area contributed by atoms with E-state index < -0.39 is 49.4 Å². The minimum absolute atomic E-state index is 0.113. The van der Waals surface area contributed by atoms with Gasteiger partial charge in [-0.2, -0.15) is 0 Å². The maximum atomic E-state index is 12.7. The Kier molecular flexibility index (Phi) is 36.1. The fourth-order valence-corrected chi connectivity index (χ4v) is 6.40. The summed E-state index contributed by atoms with van der Waals surface area (Å²) in [5, 5.41) is 40.1. The van der Waals surface area contributed by atoms with Crippen molar-refractivity contribution in [3.63, 3.8) is 0 Å². The van der Waals surface area contributed by atoms with E-state index in [4.69, 9.17) is 18.9 Å². The molecule has 1 aliphatic heterocycles. The van der Waals surface area contributed by atoms with E-state index in [-0.39, 0.29) is 19.6 Å². The van der Waals surface area contributed by atoms with Crippen LogP contribution in [-0.2, 0) is 23.7 Å². The first-order valence-electron chi connectivity index (χ1n) is 22.5. The van der Waals surface area contributed by atoms with E-state index in [9.17, 15) is 25.2 Å². The zero-order valence-electron chi connectivity index (χ0n) is 35.8. The first kappa shape index (κ1) is 52.6. The molecule has 6 atom stereocenters. The summed E-state index contributed by atoms with van der Waals surface area (Å²) in [5.74, 6) is -0.396. The van der Waals surface area contributed by atoms with Crippen molar-refractivity contribution in [1.82, 2.24) is 0 Å². The average Bonchev–Trinajstić information content (AvgIpc) is 3.21. The summed E-state index contributed by atoms with van der Waals surface area (Å²) in [6.07, 6.45) is 43.7. The number of ether oxygens (including phenoxy) is 4. The Bertz CT molecular complexity index is 1100. The first-order chi connectivity index (χ1) is 27.9. The molecule has 0 aliphatic carbocycles. The molecule has 0 aromatic rings. The van der Waals surface area contributed by atoms with E-state index >= 15 is 0 Å². The van der Waals surface area contributed by atoms with Crippen molar-refractivity contribution < 1.29 is 44.2 Å². The van der Waals surface area contributed by atoms with E-state index in [0.29, 0.717) is 13.0 Å². The zero-order chi connectivity index (χ0) is 41.4. The molecule has 1 rings (SSSR count). The van der Waals surface area contributed by atoms with Gasteiger partial charge in [-0.3, -0.25) is 4.79 Å². The second kappa shape index (κ2) is 39.1. The van der Waals surface area contributed by atoms with Crippen LogP contribution in [0.1, 0.15) is 162 Å². The molecule has 0 bridgehead atoms. The number of aliphatic hydroxyl groups is 4. The lowest BCUT2D eigenvalue weighted by molar-refractivity contribution is -0.305. The van der Waals surface area contributed by atoms with Crippen molar-refractivity contribution >= 4 is 5.97 Å². The van der Waals surface area contributed by atoms with Crippen LogP contribution in [0.3, 0.4) is 0 Å². The Balaban J connectivity index is 2.33. The number of carbonyl (C=O) groups is 1. The van der Waals surface area contributed by atoms with Crippen molar-refractivity contribution in [2.75, 3.05) is 26.4 Å².